The van der Waals surface area contributed by atoms with Crippen molar-refractivity contribution in [1.29, 1.82) is 0 Å². The smallest absolute Gasteiger partial charge is 0.756 e. The predicted molar refractivity (Wildman–Crippen MR) is 23.5 cm³/mol. The normalized spacial score (nSPS) is 6.75. The van der Waals surface area contributed by atoms with Gasteiger partial charge in [0.05, 0.1) is 6.61 Å². The van der Waals surface area contributed by atoms with Crippen LogP contribution >= 0.6 is 0 Å². The molecule has 0 aromatic carbocycles. The first-order valence-electron chi connectivity index (χ1n) is 1.86. The van der Waals surface area contributed by atoms with Gasteiger partial charge in [-0.15, -0.1) is 0 Å². The molecule has 0 unspecified atom stereocenters. The van der Waals surface area contributed by atoms with Gasteiger partial charge in [0.25, 0.3) is 0 Å². The van der Waals surface area contributed by atoms with Gasteiger partial charge in [-0.3, -0.25) is 0 Å². The molecule has 5 heteroatoms. The third-order valence-corrected chi connectivity index (χ3v) is 0.359. The fraction of sp³-hybridized carbons (Fsp3) is 0.667. The molecule has 0 saturated carbocycles. The summed E-state index contributed by atoms with van der Waals surface area (Å²) < 4.78 is 4.13. The van der Waals surface area contributed by atoms with Gasteiger partial charge in [-0.1, -0.05) is 0 Å². The Morgan fingerprint density at radius 1 is 1.88 bits per heavy atom. The third-order valence-electron chi connectivity index (χ3n) is 0.359. The van der Waals surface area contributed by atoms with E-state index in [4.69, 9.17) is 0 Å². The second-order valence-electron chi connectivity index (χ2n) is 0.823. The minimum absolute atomic E-state index is 0. The Morgan fingerprint density at radius 3 is 2.50 bits per heavy atom. The van der Waals surface area contributed by atoms with Gasteiger partial charge < -0.3 is 15.4 Å². The maximum atomic E-state index is 9.77. The number of hydrogen-bond acceptors (Lipinski definition) is 3. The van der Waals surface area contributed by atoms with Gasteiger partial charge in [-0.2, -0.15) is 0 Å². The van der Waals surface area contributed by atoms with Crippen molar-refractivity contribution < 1.29 is 60.9 Å². The molecule has 0 aliphatic carbocycles. The molecule has 0 radical (unpaired) electrons. The Labute approximate surface area is 90.0 Å². The van der Waals surface area contributed by atoms with Crippen molar-refractivity contribution in [1.82, 2.24) is 5.48 Å². The summed E-state index contributed by atoms with van der Waals surface area (Å²) in [4.78, 5) is 9.77. The largest absolute Gasteiger partial charge is 1.00 e. The van der Waals surface area contributed by atoms with Crippen LogP contribution in [0.3, 0.4) is 0 Å². The molecule has 1 amide bonds. The van der Waals surface area contributed by atoms with Crippen LogP contribution in [0.5, 0.6) is 0 Å². The molecule has 0 aromatic heterocycles. The van der Waals surface area contributed by atoms with Crippen LogP contribution in [0, 0.1) is 5.21 Å². The predicted octanol–water partition coefficient (Wildman–Crippen LogP) is -2.77. The first kappa shape index (κ1) is 11.6. The summed E-state index contributed by atoms with van der Waals surface area (Å²) in [5, 5.41) is 9.30. The molecule has 0 saturated heterocycles. The van der Waals surface area contributed by atoms with Crippen LogP contribution in [0.1, 0.15) is 6.92 Å². The molecule has 0 heterocycles. The zero-order valence-electron chi connectivity index (χ0n) is 4.93. The van der Waals surface area contributed by atoms with Gasteiger partial charge in [0, 0.05) is 0 Å². The van der Waals surface area contributed by atoms with Crippen molar-refractivity contribution >= 4 is 6.09 Å². The van der Waals surface area contributed by atoms with Crippen LogP contribution in [-0.2, 0) is 4.74 Å². The van der Waals surface area contributed by atoms with E-state index in [1.165, 1.54) is 0 Å². The molecule has 0 spiro atoms. The summed E-state index contributed by atoms with van der Waals surface area (Å²) >= 11 is 0. The maximum Gasteiger partial charge on any atom is 1.00 e. The molecule has 1 N–H and O–H groups in total. The molecule has 0 aliphatic heterocycles. The Bertz CT molecular complexity index is 67.5. The Balaban J connectivity index is 0. The molecule has 0 atom stereocenters. The maximum absolute atomic E-state index is 9.77. The number of hydroxylamine groups is 1. The molecule has 8 heavy (non-hydrogen) atoms. The number of carbonyl (C=O) groups excluding carboxylic acids is 1. The van der Waals surface area contributed by atoms with E-state index < -0.39 is 6.09 Å². The monoisotopic (exact) mass is 143 g/mol. The minimum atomic E-state index is -0.928. The van der Waals surface area contributed by atoms with E-state index in [1.807, 2.05) is 0 Å². The van der Waals surface area contributed by atoms with Crippen molar-refractivity contribution in [3.8, 4) is 0 Å². The van der Waals surface area contributed by atoms with Crippen molar-refractivity contribution in [2.24, 2.45) is 0 Å². The van der Waals surface area contributed by atoms with Crippen LogP contribution in [0.4, 0.5) is 4.79 Å². The second-order valence-corrected chi connectivity index (χ2v) is 0.823. The van der Waals surface area contributed by atoms with Crippen molar-refractivity contribution in [3.05, 3.63) is 5.21 Å². The molecule has 4 nitrogen and oxygen atoms in total. The molecule has 0 fully saturated rings. The minimum Gasteiger partial charge on any atom is -0.756 e. The first-order chi connectivity index (χ1) is 3.31. The summed E-state index contributed by atoms with van der Waals surface area (Å²) in [6.45, 7) is 1.85. The zero-order chi connectivity index (χ0) is 5.70. The van der Waals surface area contributed by atoms with Gasteiger partial charge in [0.15, 0.2) is 0 Å². The van der Waals surface area contributed by atoms with Crippen LogP contribution < -0.4 is 56.9 Å². The van der Waals surface area contributed by atoms with Crippen molar-refractivity contribution in [3.63, 3.8) is 0 Å². The van der Waals surface area contributed by atoms with E-state index >= 15 is 0 Å². The number of amides is 1. The SMILES string of the molecule is CCOC(=O)N[O-].[K+]. The quantitative estimate of drug-likeness (QED) is 0.319. The molecule has 0 rings (SSSR count). The van der Waals surface area contributed by atoms with E-state index in [-0.39, 0.29) is 58.0 Å². The van der Waals surface area contributed by atoms with Gasteiger partial charge >= 0.3 is 57.5 Å². The zero-order valence-corrected chi connectivity index (χ0v) is 8.05. The van der Waals surface area contributed by atoms with E-state index in [0.717, 1.165) is 5.48 Å². The molecule has 0 aromatic rings. The van der Waals surface area contributed by atoms with Crippen LogP contribution in [0.15, 0.2) is 0 Å². The topological polar surface area (TPSA) is 61.4 Å². The third kappa shape index (κ3) is 6.87. The van der Waals surface area contributed by atoms with Crippen LogP contribution in [0.25, 0.3) is 0 Å². The molecule has 42 valence electrons. The average molecular weight is 143 g/mol. The van der Waals surface area contributed by atoms with Crippen molar-refractivity contribution in [2.75, 3.05) is 6.61 Å². The fourth-order valence-corrected chi connectivity index (χ4v) is 0.161. The summed E-state index contributed by atoms with van der Waals surface area (Å²) in [5.41, 5.74) is 1.05. The molecular formula is C3H6KNO3. The fourth-order valence-electron chi connectivity index (χ4n) is 0.161. The van der Waals surface area contributed by atoms with Gasteiger partial charge in [-0.25, -0.2) is 4.79 Å². The van der Waals surface area contributed by atoms with E-state index in [9.17, 15) is 10.0 Å². The number of carbonyl (C=O) groups is 1. The second kappa shape index (κ2) is 7.87. The Kier molecular flexibility index (Phi) is 11.4. The number of hydrogen-bond donors (Lipinski definition) is 1. The summed E-state index contributed by atoms with van der Waals surface area (Å²) in [7, 11) is 0. The Morgan fingerprint density at radius 2 is 2.38 bits per heavy atom. The average Bonchev–Trinajstić information content (AvgIpc) is 1.68. The van der Waals surface area contributed by atoms with E-state index in [0.29, 0.717) is 0 Å². The number of ether oxygens (including phenoxy) is 1. The van der Waals surface area contributed by atoms with Gasteiger partial charge in [0.1, 0.15) is 0 Å². The first-order valence-corrected chi connectivity index (χ1v) is 1.86. The van der Waals surface area contributed by atoms with Gasteiger partial charge in [-0.05, 0) is 6.92 Å². The Hall–Kier alpha value is 0.866. The number of nitrogens with one attached hydrogen (secondary N) is 1. The summed E-state index contributed by atoms with van der Waals surface area (Å²) in [6.07, 6.45) is -0.928. The standard InChI is InChI=1S/C3H6NO3.K/c1-2-7-3(5)4-6;/h2H2,1H3,(H-,4,5,6);/q-1;+1. The van der Waals surface area contributed by atoms with E-state index in [2.05, 4.69) is 4.74 Å². The van der Waals surface area contributed by atoms with Crippen LogP contribution in [-0.4, -0.2) is 12.7 Å². The summed E-state index contributed by atoms with van der Waals surface area (Å²) in [5.74, 6) is 0. The van der Waals surface area contributed by atoms with Crippen molar-refractivity contribution in [2.45, 2.75) is 6.92 Å². The number of rotatable bonds is 1. The van der Waals surface area contributed by atoms with E-state index in [1.54, 1.807) is 6.92 Å². The van der Waals surface area contributed by atoms with Gasteiger partial charge in [0.2, 0.25) is 0 Å². The molecule has 0 bridgehead atoms. The molecule has 0 aliphatic rings. The molecular weight excluding hydrogens is 137 g/mol. The van der Waals surface area contributed by atoms with Crippen LogP contribution in [0.2, 0.25) is 0 Å². The summed E-state index contributed by atoms with van der Waals surface area (Å²) in [6, 6.07) is 0.